The second kappa shape index (κ2) is 6.52. The Morgan fingerprint density at radius 3 is 3.07 bits per heavy atom. The lowest BCUT2D eigenvalue weighted by molar-refractivity contribution is 0.187. The lowest BCUT2D eigenvalue weighted by atomic mass is 10.00. The van der Waals surface area contributed by atoms with Gasteiger partial charge >= 0.3 is 0 Å². The first-order chi connectivity index (χ1) is 6.84. The zero-order valence-electron chi connectivity index (χ0n) is 8.78. The van der Waals surface area contributed by atoms with Gasteiger partial charge in [0.25, 0.3) is 0 Å². The van der Waals surface area contributed by atoms with Crippen molar-refractivity contribution in [3.05, 3.63) is 12.2 Å². The maximum absolute atomic E-state index is 9.79. The first-order valence-electron chi connectivity index (χ1n) is 5.23. The normalized spacial score (nSPS) is 23.6. The van der Waals surface area contributed by atoms with Crippen molar-refractivity contribution in [1.29, 1.82) is 0 Å². The van der Waals surface area contributed by atoms with Gasteiger partial charge in [-0.25, -0.2) is 9.79 Å². The highest BCUT2D eigenvalue weighted by Crippen LogP contribution is 2.17. The number of hydrogen-bond acceptors (Lipinski definition) is 3. The van der Waals surface area contributed by atoms with E-state index in [1.807, 2.05) is 6.08 Å². The van der Waals surface area contributed by atoms with Crippen molar-refractivity contribution >= 4 is 6.08 Å². The number of piperidine rings is 1. The Kier molecular flexibility index (Phi) is 5.20. The maximum atomic E-state index is 9.79. The van der Waals surface area contributed by atoms with E-state index in [9.17, 15) is 4.79 Å². The highest BCUT2D eigenvalue weighted by molar-refractivity contribution is 5.33. The first kappa shape index (κ1) is 11.2. The van der Waals surface area contributed by atoms with Crippen LogP contribution in [0.15, 0.2) is 17.1 Å². The molecule has 14 heavy (non-hydrogen) atoms. The van der Waals surface area contributed by atoms with Gasteiger partial charge in [-0.15, -0.1) is 0 Å². The average molecular weight is 194 g/mol. The third-order valence-electron chi connectivity index (χ3n) is 2.76. The lowest BCUT2D eigenvalue weighted by Crippen LogP contribution is -2.35. The van der Waals surface area contributed by atoms with Crippen molar-refractivity contribution in [3.63, 3.8) is 0 Å². The van der Waals surface area contributed by atoms with Crippen molar-refractivity contribution in [2.24, 2.45) is 4.99 Å². The summed E-state index contributed by atoms with van der Waals surface area (Å²) in [5.41, 5.74) is 0. The number of likely N-dealkylation sites (tertiary alicyclic amines) is 1. The number of hydrogen-bond donors (Lipinski definition) is 0. The first-order valence-corrected chi connectivity index (χ1v) is 5.23. The number of aliphatic imine (C=N–C) groups is 1. The van der Waals surface area contributed by atoms with Gasteiger partial charge < -0.3 is 4.90 Å². The summed E-state index contributed by atoms with van der Waals surface area (Å²) in [7, 11) is 2.18. The standard InChI is InChI=1S/C11H18N2O/c1-13-9-5-3-7-11(13)6-2-4-8-12-10-14/h2,4,11H,3,5-9H2,1H3/b4-2-. The molecule has 3 heteroatoms. The van der Waals surface area contributed by atoms with Crippen LogP contribution in [0.3, 0.4) is 0 Å². The second-order valence-corrected chi connectivity index (χ2v) is 3.77. The van der Waals surface area contributed by atoms with Gasteiger partial charge in [0.15, 0.2) is 0 Å². The summed E-state index contributed by atoms with van der Waals surface area (Å²) in [6.45, 7) is 1.69. The Bertz CT molecular complexity index is 231. The van der Waals surface area contributed by atoms with E-state index in [1.54, 1.807) is 0 Å². The van der Waals surface area contributed by atoms with E-state index in [0.717, 1.165) is 6.42 Å². The summed E-state index contributed by atoms with van der Waals surface area (Å²) in [6, 6.07) is 0.681. The van der Waals surface area contributed by atoms with Crippen LogP contribution in [0.1, 0.15) is 25.7 Å². The third-order valence-corrected chi connectivity index (χ3v) is 2.76. The predicted molar refractivity (Wildman–Crippen MR) is 57.0 cm³/mol. The van der Waals surface area contributed by atoms with E-state index >= 15 is 0 Å². The van der Waals surface area contributed by atoms with Crippen molar-refractivity contribution in [1.82, 2.24) is 4.90 Å². The molecule has 0 aromatic heterocycles. The smallest absolute Gasteiger partial charge is 0.235 e. The molecule has 3 nitrogen and oxygen atoms in total. The zero-order chi connectivity index (χ0) is 10.2. The maximum Gasteiger partial charge on any atom is 0.235 e. The van der Waals surface area contributed by atoms with Crippen LogP contribution in [0.2, 0.25) is 0 Å². The Hall–Kier alpha value is -0.920. The Balaban J connectivity index is 2.21. The van der Waals surface area contributed by atoms with Gasteiger partial charge in [0.05, 0.1) is 6.54 Å². The monoisotopic (exact) mass is 194 g/mol. The number of carbonyl (C=O) groups excluding carboxylic acids is 1. The molecule has 1 unspecified atom stereocenters. The van der Waals surface area contributed by atoms with E-state index < -0.39 is 0 Å². The summed E-state index contributed by atoms with van der Waals surface area (Å²) in [5, 5.41) is 0. The molecule has 1 rings (SSSR count). The second-order valence-electron chi connectivity index (χ2n) is 3.77. The molecule has 0 saturated carbocycles. The molecule has 0 aromatic carbocycles. The number of nitrogens with zero attached hydrogens (tertiary/aromatic N) is 2. The minimum atomic E-state index is 0.472. The molecule has 1 aliphatic rings. The van der Waals surface area contributed by atoms with Crippen molar-refractivity contribution in [2.75, 3.05) is 20.1 Å². The molecule has 1 atom stereocenters. The van der Waals surface area contributed by atoms with Crippen molar-refractivity contribution in [3.8, 4) is 0 Å². The van der Waals surface area contributed by atoms with Crippen LogP contribution in [-0.4, -0.2) is 37.2 Å². The number of isocyanates is 1. The van der Waals surface area contributed by atoms with Crippen LogP contribution in [0.5, 0.6) is 0 Å². The van der Waals surface area contributed by atoms with Crippen LogP contribution < -0.4 is 0 Å². The van der Waals surface area contributed by atoms with Gasteiger partial charge in [0.1, 0.15) is 0 Å². The lowest BCUT2D eigenvalue weighted by Gasteiger charge is -2.31. The zero-order valence-corrected chi connectivity index (χ0v) is 8.78. The largest absolute Gasteiger partial charge is 0.303 e. The highest BCUT2D eigenvalue weighted by atomic mass is 16.1. The molecule has 1 aliphatic heterocycles. The van der Waals surface area contributed by atoms with Crippen molar-refractivity contribution < 1.29 is 4.79 Å². The SMILES string of the molecule is CN1CCCCC1C/C=C\CN=C=O. The van der Waals surface area contributed by atoms with E-state index in [-0.39, 0.29) is 0 Å². The molecular weight excluding hydrogens is 176 g/mol. The average Bonchev–Trinajstić information content (AvgIpc) is 2.20. The summed E-state index contributed by atoms with van der Waals surface area (Å²) in [6.07, 6.45) is 10.6. The fraction of sp³-hybridized carbons (Fsp3) is 0.727. The van der Waals surface area contributed by atoms with E-state index in [1.165, 1.54) is 31.9 Å². The topological polar surface area (TPSA) is 32.7 Å². The molecule has 0 aliphatic carbocycles. The molecular formula is C11H18N2O. The number of rotatable bonds is 4. The van der Waals surface area contributed by atoms with Crippen LogP contribution in [0.25, 0.3) is 0 Å². The van der Waals surface area contributed by atoms with Crippen LogP contribution in [0.4, 0.5) is 0 Å². The summed E-state index contributed by atoms with van der Waals surface area (Å²) >= 11 is 0. The van der Waals surface area contributed by atoms with Crippen molar-refractivity contribution in [2.45, 2.75) is 31.7 Å². The molecule has 0 bridgehead atoms. The minimum absolute atomic E-state index is 0.472. The molecule has 0 aromatic rings. The van der Waals surface area contributed by atoms with Gasteiger partial charge in [-0.05, 0) is 32.9 Å². The molecule has 1 heterocycles. The Labute approximate surface area is 85.5 Å². The van der Waals surface area contributed by atoms with Crippen LogP contribution in [-0.2, 0) is 4.79 Å². The quantitative estimate of drug-likeness (QED) is 0.388. The van der Waals surface area contributed by atoms with Gasteiger partial charge in [-0.1, -0.05) is 18.6 Å². The minimum Gasteiger partial charge on any atom is -0.303 e. The summed E-state index contributed by atoms with van der Waals surface area (Å²) in [5.74, 6) is 0. The molecule has 0 amide bonds. The molecule has 78 valence electrons. The van der Waals surface area contributed by atoms with E-state index in [4.69, 9.17) is 0 Å². The fourth-order valence-corrected chi connectivity index (χ4v) is 1.86. The third kappa shape index (κ3) is 3.86. The fourth-order valence-electron chi connectivity index (χ4n) is 1.86. The highest BCUT2D eigenvalue weighted by Gasteiger charge is 2.16. The molecule has 1 fully saturated rings. The molecule has 0 spiro atoms. The molecule has 1 saturated heterocycles. The molecule has 0 radical (unpaired) electrons. The van der Waals surface area contributed by atoms with Gasteiger partial charge in [0, 0.05) is 6.04 Å². The van der Waals surface area contributed by atoms with E-state index in [2.05, 4.69) is 23.0 Å². The Morgan fingerprint density at radius 2 is 2.36 bits per heavy atom. The molecule has 0 N–H and O–H groups in total. The summed E-state index contributed by atoms with van der Waals surface area (Å²) in [4.78, 5) is 15.7. The Morgan fingerprint density at radius 1 is 1.50 bits per heavy atom. The van der Waals surface area contributed by atoms with Crippen LogP contribution in [0, 0.1) is 0 Å². The van der Waals surface area contributed by atoms with Gasteiger partial charge in [0.2, 0.25) is 6.08 Å². The van der Waals surface area contributed by atoms with Gasteiger partial charge in [-0.3, -0.25) is 0 Å². The summed E-state index contributed by atoms with van der Waals surface area (Å²) < 4.78 is 0. The van der Waals surface area contributed by atoms with Crippen LogP contribution >= 0.6 is 0 Å². The van der Waals surface area contributed by atoms with Gasteiger partial charge in [-0.2, -0.15) is 0 Å². The predicted octanol–water partition coefficient (Wildman–Crippen LogP) is 1.75. The van der Waals surface area contributed by atoms with E-state index in [0.29, 0.717) is 12.6 Å².